The molecule has 0 fully saturated rings. The number of hydrogen-bond acceptors (Lipinski definition) is 8. The number of carboxylic acids is 1. The largest absolute Gasteiger partial charge is 0.476 e. The summed E-state index contributed by atoms with van der Waals surface area (Å²) in [6, 6.07) is 29.9. The molecule has 1 unspecified atom stereocenters. The first-order valence-electron chi connectivity index (χ1n) is 12.9. The zero-order chi connectivity index (χ0) is 29.5. The Labute approximate surface area is 243 Å². The molecule has 4 rings (SSSR count). The van der Waals surface area contributed by atoms with Gasteiger partial charge < -0.3 is 20.0 Å². The number of rotatable bonds is 11. The maximum Gasteiger partial charge on any atom is 0.360 e. The van der Waals surface area contributed by atoms with Gasteiger partial charge in [0.05, 0.1) is 11.7 Å². The van der Waals surface area contributed by atoms with Crippen LogP contribution < -0.4 is 5.32 Å². The summed E-state index contributed by atoms with van der Waals surface area (Å²) in [5, 5.41) is 19.5. The maximum absolute atomic E-state index is 12.2. The van der Waals surface area contributed by atoms with Gasteiger partial charge in [0.15, 0.2) is 5.13 Å². The van der Waals surface area contributed by atoms with Crippen LogP contribution in [0.4, 0.5) is 5.13 Å². The van der Waals surface area contributed by atoms with Crippen molar-refractivity contribution in [1.82, 2.24) is 4.98 Å². The minimum Gasteiger partial charge on any atom is -0.476 e. The monoisotopic (exact) mass is 569 g/mol. The topological polar surface area (TPSA) is 110 Å². The Balaban J connectivity index is 1.78. The van der Waals surface area contributed by atoms with Crippen LogP contribution >= 0.6 is 11.3 Å². The van der Waals surface area contributed by atoms with E-state index in [1.54, 1.807) is 32.1 Å². The smallest absolute Gasteiger partial charge is 0.360 e. The summed E-state index contributed by atoms with van der Waals surface area (Å²) in [6.07, 6.45) is 1.00. The highest BCUT2D eigenvalue weighted by molar-refractivity contribution is 7.14. The minimum absolute atomic E-state index is 0.0845. The number of ether oxygens (including phenoxy) is 1. The Morgan fingerprint density at radius 1 is 0.902 bits per heavy atom. The number of nitrogens with one attached hydrogen (secondary N) is 1. The first-order chi connectivity index (χ1) is 19.6. The van der Waals surface area contributed by atoms with Gasteiger partial charge in [-0.3, -0.25) is 0 Å². The summed E-state index contributed by atoms with van der Waals surface area (Å²) in [4.78, 5) is 33.4. The summed E-state index contributed by atoms with van der Waals surface area (Å²) in [7, 11) is 0. The number of carbonyl (C=O) groups excluding carboxylic acids is 1. The van der Waals surface area contributed by atoms with Crippen molar-refractivity contribution in [1.29, 1.82) is 0 Å². The van der Waals surface area contributed by atoms with E-state index in [9.17, 15) is 14.7 Å². The number of carbonyl (C=O) groups is 1. The second-order valence-electron chi connectivity index (χ2n) is 10.3. The molecule has 0 aliphatic rings. The summed E-state index contributed by atoms with van der Waals surface area (Å²) in [5.74, 6) is -1.35. The van der Waals surface area contributed by atoms with E-state index in [1.165, 1.54) is 18.3 Å². The minimum atomic E-state index is -1.64. The van der Waals surface area contributed by atoms with Crippen LogP contribution in [0.25, 0.3) is 0 Å². The summed E-state index contributed by atoms with van der Waals surface area (Å²) in [6.45, 7) is 6.76. The van der Waals surface area contributed by atoms with Gasteiger partial charge in [-0.05, 0) is 37.5 Å². The zero-order valence-electron chi connectivity index (χ0n) is 23.2. The SMILES string of the molecule is CC(C)(C)OC(C)(C=C=O)ON=C(C(=O)O)c1csc(NC(c2ccccc2)(c2ccccc2)c2ccccc2)n1. The molecule has 3 aromatic carbocycles. The van der Waals surface area contributed by atoms with Crippen molar-refractivity contribution in [3.8, 4) is 0 Å². The molecule has 1 heterocycles. The van der Waals surface area contributed by atoms with Crippen LogP contribution in [0.5, 0.6) is 0 Å². The molecular formula is C32H31N3O5S. The number of oxime groups is 1. The van der Waals surface area contributed by atoms with E-state index in [0.29, 0.717) is 5.13 Å². The van der Waals surface area contributed by atoms with E-state index in [4.69, 9.17) is 9.57 Å². The predicted molar refractivity (Wildman–Crippen MR) is 160 cm³/mol. The third-order valence-corrected chi connectivity index (χ3v) is 6.77. The first kappa shape index (κ1) is 29.4. The van der Waals surface area contributed by atoms with E-state index in [1.807, 2.05) is 91.0 Å². The molecule has 1 atom stereocenters. The van der Waals surface area contributed by atoms with Crippen molar-refractivity contribution < 1.29 is 24.3 Å². The number of aromatic nitrogens is 1. The highest BCUT2D eigenvalue weighted by atomic mass is 32.1. The number of hydrogen-bond donors (Lipinski definition) is 2. The van der Waals surface area contributed by atoms with Crippen LogP contribution in [-0.4, -0.2) is 39.1 Å². The van der Waals surface area contributed by atoms with E-state index < -0.39 is 28.6 Å². The number of nitrogens with zero attached hydrogens (tertiary/aromatic N) is 2. The average Bonchev–Trinajstić information content (AvgIpc) is 3.40. The number of carboxylic acid groups (broad SMARTS) is 1. The molecule has 2 N–H and O–H groups in total. The fourth-order valence-electron chi connectivity index (χ4n) is 4.50. The van der Waals surface area contributed by atoms with E-state index in [-0.39, 0.29) is 5.69 Å². The van der Waals surface area contributed by atoms with Gasteiger partial charge in [0.25, 0.3) is 5.79 Å². The molecule has 210 valence electrons. The van der Waals surface area contributed by atoms with Gasteiger partial charge in [0.2, 0.25) is 5.71 Å². The lowest BCUT2D eigenvalue weighted by Crippen LogP contribution is -2.38. The first-order valence-corrected chi connectivity index (χ1v) is 13.8. The van der Waals surface area contributed by atoms with Crippen molar-refractivity contribution >= 4 is 34.1 Å². The molecule has 41 heavy (non-hydrogen) atoms. The van der Waals surface area contributed by atoms with Gasteiger partial charge in [-0.2, -0.15) is 0 Å². The molecule has 0 aliphatic carbocycles. The Bertz CT molecular complexity index is 1450. The Hall–Kier alpha value is -4.56. The van der Waals surface area contributed by atoms with Gasteiger partial charge in [-0.15, -0.1) is 11.3 Å². The molecule has 0 saturated heterocycles. The summed E-state index contributed by atoms with van der Waals surface area (Å²) >= 11 is 1.24. The maximum atomic E-state index is 12.2. The molecule has 0 aliphatic heterocycles. The third-order valence-electron chi connectivity index (χ3n) is 6.01. The second kappa shape index (κ2) is 12.3. The van der Waals surface area contributed by atoms with Crippen LogP contribution in [0.3, 0.4) is 0 Å². The lowest BCUT2D eigenvalue weighted by Gasteiger charge is -2.36. The summed E-state index contributed by atoms with van der Waals surface area (Å²) in [5.41, 5.74) is 1.00. The molecule has 8 nitrogen and oxygen atoms in total. The Morgan fingerprint density at radius 2 is 1.39 bits per heavy atom. The van der Waals surface area contributed by atoms with Crippen LogP contribution in [0, 0.1) is 0 Å². The van der Waals surface area contributed by atoms with Gasteiger partial charge in [0.1, 0.15) is 17.2 Å². The molecule has 0 amide bonds. The number of aliphatic carboxylic acids is 1. The Morgan fingerprint density at radius 3 is 1.80 bits per heavy atom. The van der Waals surface area contributed by atoms with Gasteiger partial charge >= 0.3 is 5.97 Å². The highest BCUT2D eigenvalue weighted by Crippen LogP contribution is 2.40. The van der Waals surface area contributed by atoms with Gasteiger partial charge in [-0.25, -0.2) is 14.6 Å². The van der Waals surface area contributed by atoms with Crippen LogP contribution in [-0.2, 0) is 24.7 Å². The fraction of sp³-hybridized carbons (Fsp3) is 0.219. The van der Waals surface area contributed by atoms with Crippen molar-refractivity contribution in [2.45, 2.75) is 44.6 Å². The molecular weight excluding hydrogens is 538 g/mol. The molecule has 9 heteroatoms. The normalized spacial score (nSPS) is 13.5. The van der Waals surface area contributed by atoms with E-state index in [2.05, 4.69) is 15.5 Å². The molecule has 0 spiro atoms. The molecule has 0 bridgehead atoms. The molecule has 0 saturated carbocycles. The quantitative estimate of drug-likeness (QED) is 0.0720. The molecule has 1 aromatic heterocycles. The molecule has 0 radical (unpaired) electrons. The number of anilines is 1. The van der Waals surface area contributed by atoms with Crippen molar-refractivity contribution in [2.75, 3.05) is 5.32 Å². The zero-order valence-corrected chi connectivity index (χ0v) is 24.0. The third kappa shape index (κ3) is 6.96. The summed E-state index contributed by atoms with van der Waals surface area (Å²) < 4.78 is 5.78. The number of thiazole rings is 1. The van der Waals surface area contributed by atoms with Crippen molar-refractivity contribution in [3.05, 3.63) is 125 Å². The second-order valence-corrected chi connectivity index (χ2v) is 11.2. The van der Waals surface area contributed by atoms with Crippen molar-refractivity contribution in [2.24, 2.45) is 5.16 Å². The van der Waals surface area contributed by atoms with E-state index in [0.717, 1.165) is 22.8 Å². The van der Waals surface area contributed by atoms with Crippen LogP contribution in [0.1, 0.15) is 50.1 Å². The predicted octanol–water partition coefficient (Wildman–Crippen LogP) is 6.27. The highest BCUT2D eigenvalue weighted by Gasteiger charge is 2.37. The lowest BCUT2D eigenvalue weighted by molar-refractivity contribution is -0.239. The fourth-order valence-corrected chi connectivity index (χ4v) is 5.25. The van der Waals surface area contributed by atoms with Gasteiger partial charge in [0, 0.05) is 12.3 Å². The standard InChI is InChI=1S/C32H31N3O5S/c1-30(2,3)39-31(4,20-21-36)40-35-27(28(37)38)26-22-41-29(33-26)34-32(23-14-8-5-9-15-23,24-16-10-6-11-17-24)25-18-12-7-13-19-25/h5-20,22H,1-4H3,(H,33,34)(H,37,38). The van der Waals surface area contributed by atoms with E-state index >= 15 is 0 Å². The molecule has 4 aromatic rings. The number of benzene rings is 3. The Kier molecular flexibility index (Phi) is 8.83. The van der Waals surface area contributed by atoms with Crippen LogP contribution in [0.15, 0.2) is 108 Å². The lowest BCUT2D eigenvalue weighted by atomic mass is 9.77. The average molecular weight is 570 g/mol. The van der Waals surface area contributed by atoms with Crippen LogP contribution in [0.2, 0.25) is 0 Å². The van der Waals surface area contributed by atoms with Gasteiger partial charge in [-0.1, -0.05) is 96.2 Å². The van der Waals surface area contributed by atoms with Crippen molar-refractivity contribution in [3.63, 3.8) is 0 Å².